The Morgan fingerprint density at radius 2 is 1.48 bits per heavy atom. The minimum absolute atomic E-state index is 0.0726. The lowest BCUT2D eigenvalue weighted by molar-refractivity contribution is -0.686. The van der Waals surface area contributed by atoms with Gasteiger partial charge in [0.25, 0.3) is 0 Å². The summed E-state index contributed by atoms with van der Waals surface area (Å²) in [7, 11) is 0. The molecule has 0 aliphatic carbocycles. The van der Waals surface area contributed by atoms with Gasteiger partial charge in [-0.05, 0) is 42.3 Å². The molecule has 1 amide bonds. The number of benzene rings is 2. The monoisotopic (exact) mass is 616 g/mol. The summed E-state index contributed by atoms with van der Waals surface area (Å²) in [6.07, 6.45) is 25.2. The van der Waals surface area contributed by atoms with E-state index in [1.165, 1.54) is 83.5 Å². The van der Waals surface area contributed by atoms with Crippen LogP contribution in [0.1, 0.15) is 108 Å². The second kappa shape index (κ2) is 19.2. The Kier molecular flexibility index (Phi) is 14.6. The van der Waals surface area contributed by atoms with Crippen LogP contribution in [0.25, 0.3) is 5.52 Å². The molecular formula is C38H51ClN3O2+. The van der Waals surface area contributed by atoms with E-state index >= 15 is 0 Å². The Labute approximate surface area is 269 Å². The Balaban J connectivity index is 1.11. The van der Waals surface area contributed by atoms with E-state index in [1.807, 2.05) is 60.8 Å². The maximum Gasteiger partial charge on any atom is 0.249 e. The predicted molar refractivity (Wildman–Crippen MR) is 183 cm³/mol. The molecule has 1 N–H and O–H groups in total. The third kappa shape index (κ3) is 11.6. The van der Waals surface area contributed by atoms with E-state index in [2.05, 4.69) is 39.8 Å². The number of anilines is 1. The van der Waals surface area contributed by atoms with Crippen LogP contribution in [0.5, 0.6) is 5.75 Å². The quantitative estimate of drug-likeness (QED) is 0.0748. The zero-order chi connectivity index (χ0) is 30.8. The van der Waals surface area contributed by atoms with Gasteiger partial charge in [-0.3, -0.25) is 4.79 Å². The average molecular weight is 617 g/mol. The molecule has 236 valence electrons. The molecule has 2 aromatic heterocycles. The van der Waals surface area contributed by atoms with Crippen molar-refractivity contribution >= 4 is 28.7 Å². The number of carbonyl (C=O) groups excluding carboxylic acids is 1. The lowest BCUT2D eigenvalue weighted by atomic mass is 10.0. The molecule has 0 aliphatic heterocycles. The fourth-order valence-corrected chi connectivity index (χ4v) is 6.00. The van der Waals surface area contributed by atoms with Gasteiger partial charge in [0.05, 0.1) is 24.2 Å². The topological polar surface area (TPSA) is 46.6 Å². The predicted octanol–water partition coefficient (Wildman–Crippen LogP) is 9.97. The molecule has 0 saturated carbocycles. The van der Waals surface area contributed by atoms with Gasteiger partial charge in [0.15, 0.2) is 5.52 Å². The van der Waals surface area contributed by atoms with Crippen molar-refractivity contribution < 1.29 is 14.1 Å². The zero-order valence-electron chi connectivity index (χ0n) is 26.6. The number of nitrogens with zero attached hydrogens (tertiary/aromatic N) is 2. The van der Waals surface area contributed by atoms with Crippen LogP contribution < -0.4 is 14.6 Å². The largest absolute Gasteiger partial charge is 0.492 e. The molecule has 2 heterocycles. The highest BCUT2D eigenvalue weighted by molar-refractivity contribution is 6.32. The number of halogens is 1. The molecule has 0 aliphatic rings. The number of aromatic nitrogens is 2. The third-order valence-electron chi connectivity index (χ3n) is 8.25. The van der Waals surface area contributed by atoms with Crippen LogP contribution in [-0.2, 0) is 17.8 Å². The van der Waals surface area contributed by atoms with Gasteiger partial charge in [0.2, 0.25) is 12.2 Å². The number of hydrogen-bond donors (Lipinski definition) is 1. The van der Waals surface area contributed by atoms with Gasteiger partial charge in [-0.1, -0.05) is 132 Å². The number of hydrogen-bond acceptors (Lipinski definition) is 2. The maximum absolute atomic E-state index is 13.0. The summed E-state index contributed by atoms with van der Waals surface area (Å²) in [5, 5.41) is 3.65. The van der Waals surface area contributed by atoms with E-state index < -0.39 is 0 Å². The summed E-state index contributed by atoms with van der Waals surface area (Å²) in [5.41, 5.74) is 3.85. The minimum Gasteiger partial charge on any atom is -0.492 e. The molecule has 4 rings (SSSR count). The highest BCUT2D eigenvalue weighted by Gasteiger charge is 2.13. The first kappa shape index (κ1) is 33.6. The first-order valence-corrected chi connectivity index (χ1v) is 17.2. The summed E-state index contributed by atoms with van der Waals surface area (Å²) in [6.45, 7) is 3.61. The number of ether oxygens (including phenoxy) is 1. The number of pyridine rings is 1. The van der Waals surface area contributed by atoms with Crippen LogP contribution in [-0.4, -0.2) is 16.9 Å². The van der Waals surface area contributed by atoms with E-state index in [9.17, 15) is 4.79 Å². The van der Waals surface area contributed by atoms with Crippen molar-refractivity contribution in [2.24, 2.45) is 0 Å². The molecule has 4 aromatic rings. The summed E-state index contributed by atoms with van der Waals surface area (Å²) in [4.78, 5) is 13.0. The van der Waals surface area contributed by atoms with Gasteiger partial charge in [0, 0.05) is 11.3 Å². The Bertz CT molecular complexity index is 1380. The smallest absolute Gasteiger partial charge is 0.249 e. The first-order valence-electron chi connectivity index (χ1n) is 16.9. The molecule has 44 heavy (non-hydrogen) atoms. The molecule has 0 spiro atoms. The van der Waals surface area contributed by atoms with Crippen molar-refractivity contribution in [3.05, 3.63) is 95.5 Å². The van der Waals surface area contributed by atoms with Gasteiger partial charge in [-0.25, -0.2) is 8.97 Å². The number of nitrogens with one attached hydrogen (secondary N) is 1. The standard InChI is InChI=1S/C38H50ClN3O2/c1-2-3-4-5-6-7-8-9-10-11-12-13-14-19-26-44-37-24-23-32(27-35(37)39)28-38(43)40-36-22-16-15-20-33(36)29-41-30-34-21-17-18-25-42(34)31-41/h15-18,20-25,27,30-31H,2-14,19,26,28-29H2,1H3/p+1. The molecular weight excluding hydrogens is 566 g/mol. The van der Waals surface area contributed by atoms with Crippen molar-refractivity contribution in [2.45, 2.75) is 110 Å². The first-order chi connectivity index (χ1) is 21.6. The number of imidazole rings is 1. The van der Waals surface area contributed by atoms with Crippen LogP contribution in [0, 0.1) is 0 Å². The molecule has 6 heteroatoms. The van der Waals surface area contributed by atoms with Gasteiger partial charge >= 0.3 is 0 Å². The average Bonchev–Trinajstić information content (AvgIpc) is 3.43. The van der Waals surface area contributed by atoms with Gasteiger partial charge in [-0.2, -0.15) is 0 Å². The number of rotatable bonds is 21. The SMILES string of the molecule is CCCCCCCCCCCCCCCCOc1ccc(CC(=O)Nc2ccccc2C[n+]2cc3ccccn3c2)cc1Cl. The van der Waals surface area contributed by atoms with Gasteiger partial charge in [-0.15, -0.1) is 0 Å². The number of amides is 1. The lowest BCUT2D eigenvalue weighted by Gasteiger charge is -2.11. The molecule has 5 nitrogen and oxygen atoms in total. The fraction of sp³-hybridized carbons (Fsp3) is 0.474. The van der Waals surface area contributed by atoms with E-state index in [1.54, 1.807) is 0 Å². The molecule has 0 fully saturated rings. The summed E-state index contributed by atoms with van der Waals surface area (Å²) in [5.74, 6) is 0.615. The normalized spacial score (nSPS) is 11.2. The molecule has 0 atom stereocenters. The fourth-order valence-electron chi connectivity index (χ4n) is 5.74. The summed E-state index contributed by atoms with van der Waals surface area (Å²) >= 11 is 6.53. The summed E-state index contributed by atoms with van der Waals surface area (Å²) in [6, 6.07) is 19.7. The maximum atomic E-state index is 13.0. The number of para-hydroxylation sites is 1. The minimum atomic E-state index is -0.0726. The van der Waals surface area contributed by atoms with Crippen LogP contribution in [0.3, 0.4) is 0 Å². The lowest BCUT2D eigenvalue weighted by Crippen LogP contribution is -2.32. The Morgan fingerprint density at radius 1 is 0.818 bits per heavy atom. The molecule has 0 saturated heterocycles. The van der Waals surface area contributed by atoms with E-state index in [0.29, 0.717) is 23.9 Å². The van der Waals surface area contributed by atoms with Crippen LogP contribution in [0.4, 0.5) is 5.69 Å². The Hall–Kier alpha value is -3.31. The second-order valence-electron chi connectivity index (χ2n) is 12.0. The third-order valence-corrected chi connectivity index (χ3v) is 8.55. The van der Waals surface area contributed by atoms with Crippen molar-refractivity contribution in [1.29, 1.82) is 0 Å². The van der Waals surface area contributed by atoms with E-state index in [-0.39, 0.29) is 12.3 Å². The number of fused-ring (bicyclic) bond motifs is 1. The number of carbonyl (C=O) groups is 1. The molecule has 0 bridgehead atoms. The highest BCUT2D eigenvalue weighted by atomic mass is 35.5. The highest BCUT2D eigenvalue weighted by Crippen LogP contribution is 2.26. The van der Waals surface area contributed by atoms with Gasteiger partial charge in [0.1, 0.15) is 18.5 Å². The zero-order valence-corrected chi connectivity index (χ0v) is 27.4. The van der Waals surface area contributed by atoms with E-state index in [4.69, 9.17) is 16.3 Å². The van der Waals surface area contributed by atoms with Gasteiger partial charge < -0.3 is 10.1 Å². The van der Waals surface area contributed by atoms with Crippen molar-refractivity contribution in [2.75, 3.05) is 11.9 Å². The van der Waals surface area contributed by atoms with Crippen LogP contribution in [0.15, 0.2) is 79.4 Å². The van der Waals surface area contributed by atoms with Crippen molar-refractivity contribution in [1.82, 2.24) is 4.40 Å². The molecule has 2 aromatic carbocycles. The van der Waals surface area contributed by atoms with Crippen molar-refractivity contribution in [3.63, 3.8) is 0 Å². The van der Waals surface area contributed by atoms with E-state index in [0.717, 1.165) is 28.8 Å². The Morgan fingerprint density at radius 3 is 2.16 bits per heavy atom. The molecule has 0 unspecified atom stereocenters. The van der Waals surface area contributed by atoms with Crippen LogP contribution in [0.2, 0.25) is 5.02 Å². The molecule has 0 radical (unpaired) electrons. The number of unbranched alkanes of at least 4 members (excludes halogenated alkanes) is 13. The summed E-state index contributed by atoms with van der Waals surface area (Å²) < 4.78 is 10.2. The van der Waals surface area contributed by atoms with Crippen LogP contribution >= 0.6 is 11.6 Å². The second-order valence-corrected chi connectivity index (χ2v) is 12.4. The van der Waals surface area contributed by atoms with Crippen molar-refractivity contribution in [3.8, 4) is 5.75 Å².